The molecule has 0 aromatic rings. The lowest BCUT2D eigenvalue weighted by Crippen LogP contribution is -2.54. The van der Waals surface area contributed by atoms with E-state index in [1.165, 1.54) is 21.3 Å². The van der Waals surface area contributed by atoms with Crippen molar-refractivity contribution in [3.63, 3.8) is 0 Å². The van der Waals surface area contributed by atoms with E-state index in [0.717, 1.165) is 12.8 Å². The van der Waals surface area contributed by atoms with Gasteiger partial charge in [-0.15, -0.1) is 0 Å². The Kier molecular flexibility index (Phi) is 14.1. The number of hydrogen-bond acceptors (Lipinski definition) is 7. The molecule has 12 heteroatoms. The zero-order valence-corrected chi connectivity index (χ0v) is 23.2. The predicted molar refractivity (Wildman–Crippen MR) is 137 cm³/mol. The van der Waals surface area contributed by atoms with Crippen molar-refractivity contribution in [1.29, 1.82) is 0 Å². The van der Waals surface area contributed by atoms with Gasteiger partial charge in [-0.05, 0) is 18.8 Å². The first-order chi connectivity index (χ1) is 17.6. The van der Waals surface area contributed by atoms with E-state index < -0.39 is 18.1 Å². The van der Waals surface area contributed by atoms with Crippen molar-refractivity contribution in [2.24, 2.45) is 11.8 Å². The maximum atomic E-state index is 13.5. The van der Waals surface area contributed by atoms with E-state index >= 15 is 0 Å². The fourth-order valence-corrected chi connectivity index (χ4v) is 5.00. The standard InChI is InChI=1S/C25H45N5O7/c1-8-16(2)23(29(5)22(34)14-27-15-31)19(36-6)12-21(33)30-11-9-10-18(30)24(37-7)17(3)25(35)28-13-20(32)26-4/h15-19,23-24H,8-14H2,1-7H3,(H,26,32)(H,27,31)(H,28,35). The van der Waals surface area contributed by atoms with Gasteiger partial charge in [0.1, 0.15) is 0 Å². The zero-order valence-electron chi connectivity index (χ0n) is 23.2. The fraction of sp³-hybridized carbons (Fsp3) is 0.800. The third-order valence-electron chi connectivity index (χ3n) is 7.34. The van der Waals surface area contributed by atoms with E-state index in [9.17, 15) is 24.0 Å². The molecule has 0 spiro atoms. The van der Waals surface area contributed by atoms with Crippen LogP contribution in [0.3, 0.4) is 0 Å². The number of carbonyl (C=O) groups is 5. The van der Waals surface area contributed by atoms with Crippen LogP contribution < -0.4 is 16.0 Å². The SMILES string of the molecule is CCC(C)C(C(CC(=O)N1CCCC1C(OC)C(C)C(=O)NCC(=O)NC)OC)N(C)C(=O)CNC=O. The van der Waals surface area contributed by atoms with Gasteiger partial charge in [0.15, 0.2) is 0 Å². The molecule has 1 aliphatic heterocycles. The van der Waals surface area contributed by atoms with E-state index in [-0.39, 0.29) is 61.1 Å². The number of likely N-dealkylation sites (tertiary alicyclic amines) is 1. The van der Waals surface area contributed by atoms with Gasteiger partial charge >= 0.3 is 0 Å². The Morgan fingerprint density at radius 2 is 1.81 bits per heavy atom. The quantitative estimate of drug-likeness (QED) is 0.230. The molecule has 1 aliphatic rings. The van der Waals surface area contributed by atoms with Crippen molar-refractivity contribution in [1.82, 2.24) is 25.8 Å². The van der Waals surface area contributed by atoms with E-state index in [4.69, 9.17) is 9.47 Å². The molecule has 0 aliphatic carbocycles. The van der Waals surface area contributed by atoms with Crippen LogP contribution in [0, 0.1) is 11.8 Å². The van der Waals surface area contributed by atoms with E-state index in [1.807, 2.05) is 13.8 Å². The van der Waals surface area contributed by atoms with Gasteiger partial charge in [0.05, 0.1) is 49.7 Å². The normalized spacial score (nSPS) is 19.2. The Balaban J connectivity index is 3.03. The van der Waals surface area contributed by atoms with Crippen LogP contribution in [0.4, 0.5) is 0 Å². The van der Waals surface area contributed by atoms with Crippen LogP contribution in [-0.4, -0.2) is 112 Å². The average Bonchev–Trinajstić information content (AvgIpc) is 3.39. The summed E-state index contributed by atoms with van der Waals surface area (Å²) in [5.74, 6) is -1.61. The molecule has 1 saturated heterocycles. The zero-order chi connectivity index (χ0) is 28.1. The summed E-state index contributed by atoms with van der Waals surface area (Å²) in [4.78, 5) is 64.3. The number of likely N-dealkylation sites (N-methyl/N-ethyl adjacent to an activating group) is 2. The molecular formula is C25H45N5O7. The maximum absolute atomic E-state index is 13.5. The number of hydrogen-bond donors (Lipinski definition) is 3. The van der Waals surface area contributed by atoms with Crippen LogP contribution in [0.2, 0.25) is 0 Å². The second-order valence-electron chi connectivity index (χ2n) is 9.53. The highest BCUT2D eigenvalue weighted by molar-refractivity contribution is 5.86. The second-order valence-corrected chi connectivity index (χ2v) is 9.53. The Hall–Kier alpha value is -2.73. The molecule has 1 heterocycles. The Morgan fingerprint density at radius 1 is 1.14 bits per heavy atom. The molecule has 1 rings (SSSR count). The molecule has 212 valence electrons. The first kappa shape index (κ1) is 32.3. The molecule has 6 atom stereocenters. The number of nitrogens with zero attached hydrogens (tertiary/aromatic N) is 2. The lowest BCUT2D eigenvalue weighted by atomic mass is 9.90. The molecule has 0 radical (unpaired) electrons. The van der Waals surface area contributed by atoms with Gasteiger partial charge in [0, 0.05) is 34.9 Å². The van der Waals surface area contributed by atoms with Crippen molar-refractivity contribution >= 4 is 30.0 Å². The van der Waals surface area contributed by atoms with E-state index in [2.05, 4.69) is 16.0 Å². The van der Waals surface area contributed by atoms with Crippen molar-refractivity contribution < 1.29 is 33.4 Å². The number of nitrogens with one attached hydrogen (secondary N) is 3. The largest absolute Gasteiger partial charge is 0.379 e. The minimum atomic E-state index is -0.590. The van der Waals surface area contributed by atoms with Gasteiger partial charge in [-0.1, -0.05) is 27.2 Å². The lowest BCUT2D eigenvalue weighted by molar-refractivity contribution is -0.145. The minimum Gasteiger partial charge on any atom is -0.379 e. The van der Waals surface area contributed by atoms with Crippen molar-refractivity contribution in [2.45, 2.75) is 70.7 Å². The molecule has 0 saturated carbocycles. The van der Waals surface area contributed by atoms with Crippen LogP contribution in [0.15, 0.2) is 0 Å². The summed E-state index contributed by atoms with van der Waals surface area (Å²) >= 11 is 0. The topological polar surface area (TPSA) is 146 Å². The molecular weight excluding hydrogens is 482 g/mol. The third kappa shape index (κ3) is 8.96. The summed E-state index contributed by atoms with van der Waals surface area (Å²) in [6.07, 6.45) is 1.61. The molecule has 12 nitrogen and oxygen atoms in total. The van der Waals surface area contributed by atoms with Crippen molar-refractivity contribution in [2.75, 3.05) is 47.9 Å². The van der Waals surface area contributed by atoms with Crippen LogP contribution >= 0.6 is 0 Å². The fourth-order valence-electron chi connectivity index (χ4n) is 5.00. The van der Waals surface area contributed by atoms with Crippen LogP contribution in [0.1, 0.15) is 46.5 Å². The summed E-state index contributed by atoms with van der Waals surface area (Å²) < 4.78 is 11.4. The van der Waals surface area contributed by atoms with Gasteiger partial charge in [-0.2, -0.15) is 0 Å². The van der Waals surface area contributed by atoms with E-state index in [0.29, 0.717) is 19.4 Å². The van der Waals surface area contributed by atoms with Crippen LogP contribution in [-0.2, 0) is 33.4 Å². The summed E-state index contributed by atoms with van der Waals surface area (Å²) in [6, 6.07) is -0.692. The van der Waals surface area contributed by atoms with Crippen molar-refractivity contribution in [3.8, 4) is 0 Å². The molecule has 5 amide bonds. The van der Waals surface area contributed by atoms with E-state index in [1.54, 1.807) is 23.8 Å². The molecule has 6 unspecified atom stereocenters. The highest BCUT2D eigenvalue weighted by atomic mass is 16.5. The van der Waals surface area contributed by atoms with Gasteiger partial charge in [0.2, 0.25) is 30.0 Å². The first-order valence-electron chi connectivity index (χ1n) is 12.8. The smallest absolute Gasteiger partial charge is 0.242 e. The second kappa shape index (κ2) is 16.2. The number of amides is 5. The number of carbonyl (C=O) groups excluding carboxylic acids is 5. The summed E-state index contributed by atoms with van der Waals surface area (Å²) in [6.45, 7) is 5.98. The molecule has 37 heavy (non-hydrogen) atoms. The number of methoxy groups -OCH3 is 2. The monoisotopic (exact) mass is 527 g/mol. The molecule has 0 aromatic carbocycles. The molecule has 3 N–H and O–H groups in total. The number of rotatable bonds is 16. The highest BCUT2D eigenvalue weighted by Gasteiger charge is 2.41. The highest BCUT2D eigenvalue weighted by Crippen LogP contribution is 2.29. The lowest BCUT2D eigenvalue weighted by Gasteiger charge is -2.39. The Bertz CT molecular complexity index is 781. The summed E-state index contributed by atoms with van der Waals surface area (Å²) in [5.41, 5.74) is 0. The maximum Gasteiger partial charge on any atom is 0.242 e. The molecule has 1 fully saturated rings. The predicted octanol–water partition coefficient (Wildman–Crippen LogP) is -0.485. The summed E-state index contributed by atoms with van der Waals surface area (Å²) in [7, 11) is 6.18. The van der Waals surface area contributed by atoms with Crippen LogP contribution in [0.25, 0.3) is 0 Å². The van der Waals surface area contributed by atoms with Gasteiger partial charge in [-0.25, -0.2) is 0 Å². The first-order valence-corrected chi connectivity index (χ1v) is 12.8. The average molecular weight is 528 g/mol. The van der Waals surface area contributed by atoms with Crippen LogP contribution in [0.5, 0.6) is 0 Å². The Morgan fingerprint density at radius 3 is 2.35 bits per heavy atom. The van der Waals surface area contributed by atoms with Gasteiger partial charge in [0.25, 0.3) is 0 Å². The minimum absolute atomic E-state index is 0.0352. The van der Waals surface area contributed by atoms with Gasteiger partial charge < -0.3 is 35.2 Å². The third-order valence-corrected chi connectivity index (χ3v) is 7.34. The Labute approximate surface area is 220 Å². The molecule has 0 bridgehead atoms. The van der Waals surface area contributed by atoms with Gasteiger partial charge in [-0.3, -0.25) is 24.0 Å². The number of ether oxygens (including phenoxy) is 2. The molecule has 0 aromatic heterocycles. The summed E-state index contributed by atoms with van der Waals surface area (Å²) in [5, 5.41) is 7.45. The van der Waals surface area contributed by atoms with Crippen molar-refractivity contribution in [3.05, 3.63) is 0 Å².